The number of aromatic nitrogens is 3. The molecule has 0 amide bonds. The lowest BCUT2D eigenvalue weighted by molar-refractivity contribution is -0.147. The van der Waals surface area contributed by atoms with E-state index in [9.17, 15) is 9.90 Å². The molecule has 1 N–H and O–H groups in total. The van der Waals surface area contributed by atoms with Crippen molar-refractivity contribution in [3.05, 3.63) is 88.0 Å². The molecule has 2 atom stereocenters. The number of nitrogens with zero attached hydrogens (tertiary/aromatic N) is 4. The van der Waals surface area contributed by atoms with Crippen molar-refractivity contribution in [2.45, 2.75) is 72.6 Å². The first kappa shape index (κ1) is 27.8. The third-order valence-corrected chi connectivity index (χ3v) is 8.79. The van der Waals surface area contributed by atoms with Crippen LogP contribution in [-0.2, 0) is 24.9 Å². The van der Waals surface area contributed by atoms with Crippen LogP contribution in [0.15, 0.2) is 54.6 Å². The van der Waals surface area contributed by atoms with Gasteiger partial charge in [-0.1, -0.05) is 54.6 Å². The van der Waals surface area contributed by atoms with Crippen molar-refractivity contribution in [1.82, 2.24) is 19.9 Å². The topological polar surface area (TPSA) is 80.5 Å². The summed E-state index contributed by atoms with van der Waals surface area (Å²) >= 11 is 0. The number of carbonyl (C=O) groups is 1. The second kappa shape index (κ2) is 10.4. The summed E-state index contributed by atoms with van der Waals surface area (Å²) in [6, 6.07) is 18.8. The third-order valence-electron chi connectivity index (χ3n) is 8.79. The number of rotatable bonds is 7. The smallest absolute Gasteiger partial charge is 0.310 e. The summed E-state index contributed by atoms with van der Waals surface area (Å²) in [5, 5.41) is 19.0. The van der Waals surface area contributed by atoms with Gasteiger partial charge in [0, 0.05) is 38.2 Å². The molecule has 40 heavy (non-hydrogen) atoms. The zero-order valence-electron chi connectivity index (χ0n) is 24.7. The minimum Gasteiger partial charge on any atom is -0.486 e. The largest absolute Gasteiger partial charge is 0.486 e. The Morgan fingerprint density at radius 3 is 2.62 bits per heavy atom. The summed E-state index contributed by atoms with van der Waals surface area (Å²) in [5.41, 5.74) is 6.88. The fourth-order valence-electron chi connectivity index (χ4n) is 6.05. The molecule has 0 spiro atoms. The first-order valence-corrected chi connectivity index (χ1v) is 14.0. The van der Waals surface area contributed by atoms with E-state index in [0.717, 1.165) is 59.5 Å². The second-order valence-corrected chi connectivity index (χ2v) is 12.2. The van der Waals surface area contributed by atoms with Gasteiger partial charge in [0.15, 0.2) is 0 Å². The van der Waals surface area contributed by atoms with Gasteiger partial charge in [-0.05, 0) is 81.0 Å². The Kier molecular flexibility index (Phi) is 7.21. The molecule has 0 fully saturated rings. The zero-order valence-corrected chi connectivity index (χ0v) is 24.7. The Bertz CT molecular complexity index is 1570. The first-order valence-electron chi connectivity index (χ1n) is 14.0. The molecule has 7 heteroatoms. The van der Waals surface area contributed by atoms with Gasteiger partial charge in [0.05, 0.1) is 10.9 Å². The number of aliphatic carboxylic acids is 1. The minimum absolute atomic E-state index is 0.296. The summed E-state index contributed by atoms with van der Waals surface area (Å²) < 4.78 is 8.26. The van der Waals surface area contributed by atoms with E-state index in [2.05, 4.69) is 72.4 Å². The van der Waals surface area contributed by atoms with Gasteiger partial charge in [-0.25, -0.2) is 4.68 Å². The van der Waals surface area contributed by atoms with Crippen LogP contribution in [0.5, 0.6) is 5.75 Å². The van der Waals surface area contributed by atoms with Crippen molar-refractivity contribution >= 4 is 17.0 Å². The molecule has 3 aromatic carbocycles. The summed E-state index contributed by atoms with van der Waals surface area (Å²) in [6.45, 7) is 14.5. The number of carboxylic acids is 1. The number of aryl methyl sites for hydroxylation is 3. The van der Waals surface area contributed by atoms with Crippen LogP contribution in [0, 0.1) is 19.3 Å². The fraction of sp³-hybridized carbons (Fsp3) is 0.424. The first-order chi connectivity index (χ1) is 18.9. The van der Waals surface area contributed by atoms with Crippen LogP contribution in [0.25, 0.3) is 11.0 Å². The van der Waals surface area contributed by atoms with Gasteiger partial charge in [0.1, 0.15) is 16.9 Å². The highest BCUT2D eigenvalue weighted by Gasteiger charge is 2.40. The highest BCUT2D eigenvalue weighted by atomic mass is 16.5. The minimum atomic E-state index is -1.05. The van der Waals surface area contributed by atoms with Crippen LogP contribution in [0.3, 0.4) is 0 Å². The summed E-state index contributed by atoms with van der Waals surface area (Å²) in [5.74, 6) is -0.249. The van der Waals surface area contributed by atoms with Crippen molar-refractivity contribution in [2.24, 2.45) is 12.5 Å². The van der Waals surface area contributed by atoms with Gasteiger partial charge in [0.2, 0.25) is 0 Å². The Morgan fingerprint density at radius 2 is 1.90 bits per heavy atom. The van der Waals surface area contributed by atoms with E-state index in [1.807, 2.05) is 46.0 Å². The molecule has 1 aliphatic rings. The maximum atomic E-state index is 12.7. The quantitative estimate of drug-likeness (QED) is 0.293. The molecule has 2 unspecified atom stereocenters. The van der Waals surface area contributed by atoms with Crippen LogP contribution >= 0.6 is 0 Å². The van der Waals surface area contributed by atoms with Crippen molar-refractivity contribution in [3.63, 3.8) is 0 Å². The van der Waals surface area contributed by atoms with Gasteiger partial charge in [0.25, 0.3) is 0 Å². The SMILES string of the molecule is CCC1(C)CN(Cc2cc(C(c3ccc4c(nnn4C)c3C)C(C)(C)C(=O)O)ccc2C)Cc2ccccc2O1. The molecule has 5 rings (SSSR count). The molecule has 0 bridgehead atoms. The van der Waals surface area contributed by atoms with Gasteiger partial charge < -0.3 is 9.84 Å². The average molecular weight is 541 g/mol. The number of benzene rings is 3. The van der Waals surface area contributed by atoms with Crippen molar-refractivity contribution in [3.8, 4) is 5.75 Å². The molecule has 4 aromatic rings. The second-order valence-electron chi connectivity index (χ2n) is 12.2. The van der Waals surface area contributed by atoms with Crippen LogP contribution in [0.2, 0.25) is 0 Å². The van der Waals surface area contributed by atoms with Gasteiger partial charge in [-0.3, -0.25) is 9.69 Å². The molecular formula is C33H40N4O3. The summed E-state index contributed by atoms with van der Waals surface area (Å²) in [4.78, 5) is 15.1. The molecular weight excluding hydrogens is 500 g/mol. The third kappa shape index (κ3) is 4.99. The molecule has 0 radical (unpaired) electrons. The fourth-order valence-corrected chi connectivity index (χ4v) is 6.05. The lowest BCUT2D eigenvalue weighted by Gasteiger charge is -2.34. The molecule has 7 nitrogen and oxygen atoms in total. The molecule has 2 heterocycles. The molecule has 0 saturated heterocycles. The Balaban J connectivity index is 1.57. The van der Waals surface area contributed by atoms with Crippen LogP contribution < -0.4 is 4.74 Å². The van der Waals surface area contributed by atoms with E-state index in [1.165, 1.54) is 16.7 Å². The van der Waals surface area contributed by atoms with Crippen molar-refractivity contribution < 1.29 is 14.6 Å². The summed E-state index contributed by atoms with van der Waals surface area (Å²) in [7, 11) is 1.87. The number of hydrogen-bond donors (Lipinski definition) is 1. The molecule has 0 saturated carbocycles. The van der Waals surface area contributed by atoms with Gasteiger partial charge in [-0.2, -0.15) is 0 Å². The molecule has 1 aliphatic heterocycles. The highest BCUT2D eigenvalue weighted by molar-refractivity contribution is 5.81. The van der Waals surface area contributed by atoms with E-state index < -0.39 is 11.4 Å². The number of fused-ring (bicyclic) bond motifs is 2. The van der Waals surface area contributed by atoms with E-state index >= 15 is 0 Å². The predicted octanol–water partition coefficient (Wildman–Crippen LogP) is 6.39. The van der Waals surface area contributed by atoms with Gasteiger partial charge >= 0.3 is 5.97 Å². The molecule has 0 aliphatic carbocycles. The van der Waals surface area contributed by atoms with Crippen LogP contribution in [0.1, 0.15) is 73.4 Å². The Hall–Kier alpha value is -3.71. The van der Waals surface area contributed by atoms with Crippen molar-refractivity contribution in [2.75, 3.05) is 6.54 Å². The van der Waals surface area contributed by atoms with E-state index in [0.29, 0.717) is 0 Å². The zero-order chi connectivity index (χ0) is 28.8. The average Bonchev–Trinajstić information content (AvgIpc) is 3.22. The summed E-state index contributed by atoms with van der Waals surface area (Å²) in [6.07, 6.45) is 0.899. The number of hydrogen-bond acceptors (Lipinski definition) is 5. The number of para-hydroxylation sites is 1. The lowest BCUT2D eigenvalue weighted by atomic mass is 9.69. The monoisotopic (exact) mass is 540 g/mol. The molecule has 210 valence electrons. The maximum absolute atomic E-state index is 12.7. The maximum Gasteiger partial charge on any atom is 0.310 e. The predicted molar refractivity (Wildman–Crippen MR) is 158 cm³/mol. The molecule has 1 aromatic heterocycles. The van der Waals surface area contributed by atoms with Crippen LogP contribution in [-0.4, -0.2) is 43.1 Å². The Labute approximate surface area is 236 Å². The normalized spacial score (nSPS) is 18.7. The van der Waals surface area contributed by atoms with Crippen molar-refractivity contribution in [1.29, 1.82) is 0 Å². The standard InChI is InChI=1S/C33H40N4O3/c1-8-33(6)20-37(18-24-11-9-10-12-28(24)40-33)19-25-17-23(14-13-21(25)2)29(32(4,5)31(38)39)26-15-16-27-30(22(26)3)34-35-36(27)7/h9-17,29H,8,18-20H2,1-7H3,(H,38,39). The number of ether oxygens (including phenoxy) is 1. The Morgan fingerprint density at radius 1 is 1.15 bits per heavy atom. The number of carboxylic acid groups (broad SMARTS) is 1. The van der Waals surface area contributed by atoms with Gasteiger partial charge in [-0.15, -0.1) is 5.10 Å². The van der Waals surface area contributed by atoms with E-state index in [4.69, 9.17) is 4.74 Å². The lowest BCUT2D eigenvalue weighted by Crippen LogP contribution is -2.42. The van der Waals surface area contributed by atoms with E-state index in [1.54, 1.807) is 4.68 Å². The highest BCUT2D eigenvalue weighted by Crippen LogP contribution is 2.44. The van der Waals surface area contributed by atoms with E-state index in [-0.39, 0.29) is 11.5 Å². The van der Waals surface area contributed by atoms with Crippen LogP contribution in [0.4, 0.5) is 0 Å².